The minimum absolute atomic E-state index is 0.785. The van der Waals surface area contributed by atoms with Crippen molar-refractivity contribution in [2.24, 2.45) is 5.92 Å². The number of likely N-dealkylation sites (tertiary alicyclic amines) is 1. The molecule has 18 heavy (non-hydrogen) atoms. The fraction of sp³-hybridized carbons (Fsp3) is 1.00. The highest BCUT2D eigenvalue weighted by Crippen LogP contribution is 2.32. The summed E-state index contributed by atoms with van der Waals surface area (Å²) >= 11 is 0. The molecule has 0 amide bonds. The fourth-order valence-corrected chi connectivity index (χ4v) is 4.00. The van der Waals surface area contributed by atoms with Gasteiger partial charge in [0, 0.05) is 31.2 Å². The van der Waals surface area contributed by atoms with Crippen LogP contribution in [0.2, 0.25) is 0 Å². The van der Waals surface area contributed by atoms with Gasteiger partial charge in [-0.1, -0.05) is 32.6 Å². The summed E-state index contributed by atoms with van der Waals surface area (Å²) in [7, 11) is 0. The van der Waals surface area contributed by atoms with Crippen molar-refractivity contribution in [3.8, 4) is 0 Å². The van der Waals surface area contributed by atoms with Crippen molar-refractivity contribution in [3.05, 3.63) is 0 Å². The minimum atomic E-state index is 0.785. The van der Waals surface area contributed by atoms with Crippen LogP contribution in [-0.4, -0.2) is 36.1 Å². The van der Waals surface area contributed by atoms with Crippen molar-refractivity contribution >= 4 is 0 Å². The molecule has 1 saturated heterocycles. The van der Waals surface area contributed by atoms with Gasteiger partial charge in [0.2, 0.25) is 0 Å². The number of nitrogens with one attached hydrogen (secondary N) is 1. The third kappa shape index (κ3) is 3.27. The summed E-state index contributed by atoms with van der Waals surface area (Å²) in [6.45, 7) is 5.08. The van der Waals surface area contributed by atoms with E-state index in [0.717, 1.165) is 24.0 Å². The van der Waals surface area contributed by atoms with Crippen LogP contribution in [-0.2, 0) is 0 Å². The van der Waals surface area contributed by atoms with Crippen LogP contribution in [0.3, 0.4) is 0 Å². The molecule has 3 fully saturated rings. The van der Waals surface area contributed by atoms with Gasteiger partial charge >= 0.3 is 0 Å². The quantitative estimate of drug-likeness (QED) is 0.824. The monoisotopic (exact) mass is 250 g/mol. The minimum Gasteiger partial charge on any atom is -0.310 e. The molecule has 3 rings (SSSR count). The van der Waals surface area contributed by atoms with E-state index in [9.17, 15) is 0 Å². The van der Waals surface area contributed by atoms with Gasteiger partial charge in [-0.2, -0.15) is 0 Å². The summed E-state index contributed by atoms with van der Waals surface area (Å²) in [5, 5.41) is 3.99. The first-order valence-electron chi connectivity index (χ1n) is 8.35. The molecule has 2 heteroatoms. The topological polar surface area (TPSA) is 15.3 Å². The molecule has 0 aromatic rings. The van der Waals surface area contributed by atoms with Crippen LogP contribution in [0.15, 0.2) is 0 Å². The Labute approximate surface area is 113 Å². The summed E-state index contributed by atoms with van der Waals surface area (Å²) in [4.78, 5) is 2.79. The molecule has 0 bridgehead atoms. The third-order valence-electron chi connectivity index (χ3n) is 5.28. The summed E-state index contributed by atoms with van der Waals surface area (Å²) in [6, 6.07) is 2.57. The van der Waals surface area contributed by atoms with E-state index in [1.54, 1.807) is 0 Å². The van der Waals surface area contributed by atoms with Crippen LogP contribution in [0.1, 0.15) is 64.7 Å². The lowest BCUT2D eigenvalue weighted by atomic mass is 9.89. The maximum Gasteiger partial charge on any atom is 0.0200 e. The summed E-state index contributed by atoms with van der Waals surface area (Å²) in [6.07, 6.45) is 12.9. The van der Waals surface area contributed by atoms with E-state index in [1.165, 1.54) is 70.9 Å². The van der Waals surface area contributed by atoms with Crippen molar-refractivity contribution in [1.29, 1.82) is 0 Å². The van der Waals surface area contributed by atoms with Crippen LogP contribution < -0.4 is 5.32 Å². The van der Waals surface area contributed by atoms with Gasteiger partial charge in [0.25, 0.3) is 0 Å². The zero-order valence-electron chi connectivity index (χ0n) is 12.0. The van der Waals surface area contributed by atoms with Crippen molar-refractivity contribution in [2.45, 2.75) is 82.8 Å². The predicted molar refractivity (Wildman–Crippen MR) is 76.8 cm³/mol. The van der Waals surface area contributed by atoms with Crippen LogP contribution in [0.5, 0.6) is 0 Å². The molecule has 2 unspecified atom stereocenters. The normalized spacial score (nSPS) is 35.8. The zero-order chi connectivity index (χ0) is 12.4. The first kappa shape index (κ1) is 12.9. The first-order chi connectivity index (χ1) is 8.85. The Bertz CT molecular complexity index is 256. The van der Waals surface area contributed by atoms with E-state index >= 15 is 0 Å². The molecule has 0 radical (unpaired) electrons. The average Bonchev–Trinajstić information content (AvgIpc) is 3.24. The average molecular weight is 250 g/mol. The second-order valence-corrected chi connectivity index (χ2v) is 6.89. The van der Waals surface area contributed by atoms with Gasteiger partial charge in [-0.05, 0) is 38.0 Å². The summed E-state index contributed by atoms with van der Waals surface area (Å²) < 4.78 is 0. The molecule has 104 valence electrons. The molecule has 1 heterocycles. The van der Waals surface area contributed by atoms with Gasteiger partial charge in [-0.25, -0.2) is 0 Å². The molecule has 1 N–H and O–H groups in total. The Hall–Kier alpha value is -0.0800. The van der Waals surface area contributed by atoms with Crippen molar-refractivity contribution in [2.75, 3.05) is 13.1 Å². The standard InChI is InChI=1S/C16H30N2/c1-2-13-10-15(12-18(11-13)16-8-9-16)17-14-6-4-3-5-7-14/h13-17H,2-12H2,1H3. The largest absolute Gasteiger partial charge is 0.310 e. The van der Waals surface area contributed by atoms with E-state index in [4.69, 9.17) is 0 Å². The Morgan fingerprint density at radius 1 is 0.944 bits per heavy atom. The van der Waals surface area contributed by atoms with Crippen molar-refractivity contribution in [3.63, 3.8) is 0 Å². The third-order valence-corrected chi connectivity index (χ3v) is 5.28. The molecule has 3 aliphatic rings. The van der Waals surface area contributed by atoms with Gasteiger partial charge < -0.3 is 5.32 Å². The van der Waals surface area contributed by atoms with Gasteiger partial charge in [0.05, 0.1) is 0 Å². The maximum absolute atomic E-state index is 3.99. The Morgan fingerprint density at radius 3 is 2.39 bits per heavy atom. The van der Waals surface area contributed by atoms with Crippen molar-refractivity contribution < 1.29 is 0 Å². The highest BCUT2D eigenvalue weighted by molar-refractivity contribution is 4.93. The molecule has 2 saturated carbocycles. The molecule has 2 nitrogen and oxygen atoms in total. The van der Waals surface area contributed by atoms with Gasteiger partial charge in [-0.3, -0.25) is 4.90 Å². The van der Waals surface area contributed by atoms with Crippen LogP contribution in [0, 0.1) is 5.92 Å². The molecular weight excluding hydrogens is 220 g/mol. The van der Waals surface area contributed by atoms with Gasteiger partial charge in [0.1, 0.15) is 0 Å². The predicted octanol–water partition coefficient (Wildman–Crippen LogP) is 3.17. The molecule has 0 aromatic heterocycles. The van der Waals surface area contributed by atoms with E-state index in [2.05, 4.69) is 17.1 Å². The number of hydrogen-bond acceptors (Lipinski definition) is 2. The zero-order valence-corrected chi connectivity index (χ0v) is 12.0. The van der Waals surface area contributed by atoms with Gasteiger partial charge in [0.15, 0.2) is 0 Å². The summed E-state index contributed by atoms with van der Waals surface area (Å²) in [5.41, 5.74) is 0. The van der Waals surface area contributed by atoms with Crippen LogP contribution in [0.4, 0.5) is 0 Å². The smallest absolute Gasteiger partial charge is 0.0200 e. The first-order valence-corrected chi connectivity index (χ1v) is 8.35. The van der Waals surface area contributed by atoms with E-state index in [-0.39, 0.29) is 0 Å². The van der Waals surface area contributed by atoms with Crippen LogP contribution in [0.25, 0.3) is 0 Å². The summed E-state index contributed by atoms with van der Waals surface area (Å²) in [5.74, 6) is 0.945. The number of hydrogen-bond donors (Lipinski definition) is 1. The highest BCUT2D eigenvalue weighted by atomic mass is 15.2. The number of piperidine rings is 1. The molecule has 2 aliphatic carbocycles. The lowest BCUT2D eigenvalue weighted by Crippen LogP contribution is -2.52. The van der Waals surface area contributed by atoms with E-state index in [0.29, 0.717) is 0 Å². The van der Waals surface area contributed by atoms with Gasteiger partial charge in [-0.15, -0.1) is 0 Å². The Kier molecular flexibility index (Phi) is 4.25. The second-order valence-electron chi connectivity index (χ2n) is 6.89. The molecule has 0 spiro atoms. The Morgan fingerprint density at radius 2 is 1.72 bits per heavy atom. The molecular formula is C16H30N2. The second kappa shape index (κ2) is 5.92. The highest BCUT2D eigenvalue weighted by Gasteiger charge is 2.36. The van der Waals surface area contributed by atoms with E-state index in [1.807, 2.05) is 0 Å². The molecule has 2 atom stereocenters. The Balaban J connectivity index is 1.52. The van der Waals surface area contributed by atoms with Crippen LogP contribution >= 0.6 is 0 Å². The SMILES string of the molecule is CCC1CC(NC2CCCCC2)CN(C2CC2)C1. The van der Waals surface area contributed by atoms with E-state index < -0.39 is 0 Å². The number of rotatable bonds is 4. The maximum atomic E-state index is 3.99. The van der Waals surface area contributed by atoms with Crippen molar-refractivity contribution in [1.82, 2.24) is 10.2 Å². The lowest BCUT2D eigenvalue weighted by molar-refractivity contribution is 0.121. The number of nitrogens with zero attached hydrogens (tertiary/aromatic N) is 1. The molecule has 0 aromatic carbocycles. The molecule has 1 aliphatic heterocycles. The lowest BCUT2D eigenvalue weighted by Gasteiger charge is -2.40. The fourth-order valence-electron chi connectivity index (χ4n) is 4.00.